The van der Waals surface area contributed by atoms with E-state index in [2.05, 4.69) is 4.90 Å². The van der Waals surface area contributed by atoms with Gasteiger partial charge in [0.1, 0.15) is 5.75 Å². The van der Waals surface area contributed by atoms with E-state index in [0.29, 0.717) is 30.4 Å². The van der Waals surface area contributed by atoms with E-state index in [9.17, 15) is 9.59 Å². The summed E-state index contributed by atoms with van der Waals surface area (Å²) in [6.07, 6.45) is 3.66. The normalized spacial score (nSPS) is 22.5. The first kappa shape index (κ1) is 16.8. The van der Waals surface area contributed by atoms with Gasteiger partial charge in [-0.25, -0.2) is 0 Å². The van der Waals surface area contributed by atoms with E-state index in [1.165, 1.54) is 0 Å². The zero-order chi connectivity index (χ0) is 17.1. The molecule has 0 spiro atoms. The third kappa shape index (κ3) is 3.38. The summed E-state index contributed by atoms with van der Waals surface area (Å²) in [6, 6.07) is 7.48. The molecule has 6 nitrogen and oxygen atoms in total. The van der Waals surface area contributed by atoms with Gasteiger partial charge in [-0.05, 0) is 50.4 Å². The summed E-state index contributed by atoms with van der Waals surface area (Å²) in [5, 5.41) is 0. The van der Waals surface area contributed by atoms with Crippen molar-refractivity contribution in [3.05, 3.63) is 29.8 Å². The standard InChI is InChI=1S/C18H25N3O3/c1-24-15-5-2-4-13(12-15)18(23)20-10-7-14(8-11-20)21-9-3-6-16(21)17(19)22/h2,4-5,12,14,16H,3,6-11H2,1H3,(H2,19,22). The molecule has 2 aliphatic rings. The number of piperidine rings is 1. The van der Waals surface area contributed by atoms with Crippen molar-refractivity contribution >= 4 is 11.8 Å². The molecule has 2 aliphatic heterocycles. The van der Waals surface area contributed by atoms with Gasteiger partial charge in [0.15, 0.2) is 0 Å². The van der Waals surface area contributed by atoms with Gasteiger partial charge in [-0.3, -0.25) is 14.5 Å². The van der Waals surface area contributed by atoms with E-state index in [4.69, 9.17) is 10.5 Å². The maximum Gasteiger partial charge on any atom is 0.253 e. The molecule has 2 fully saturated rings. The second-order valence-corrected chi connectivity index (χ2v) is 6.55. The number of amides is 2. The quantitative estimate of drug-likeness (QED) is 0.901. The molecule has 1 unspecified atom stereocenters. The Morgan fingerprint density at radius 1 is 1.17 bits per heavy atom. The van der Waals surface area contributed by atoms with Gasteiger partial charge in [0.05, 0.1) is 13.2 Å². The van der Waals surface area contributed by atoms with Gasteiger partial charge in [-0.2, -0.15) is 0 Å². The Hall–Kier alpha value is -2.08. The SMILES string of the molecule is COc1cccc(C(=O)N2CCC(N3CCCC3C(N)=O)CC2)c1. The fourth-order valence-corrected chi connectivity index (χ4v) is 3.87. The minimum atomic E-state index is -0.220. The van der Waals surface area contributed by atoms with E-state index in [0.717, 1.165) is 32.2 Å². The number of nitrogens with two attached hydrogens (primary N) is 1. The predicted octanol–water partition coefficient (Wildman–Crippen LogP) is 1.25. The van der Waals surface area contributed by atoms with Crippen molar-refractivity contribution in [1.29, 1.82) is 0 Å². The molecular formula is C18H25N3O3. The Balaban J connectivity index is 1.60. The number of likely N-dealkylation sites (tertiary alicyclic amines) is 2. The van der Waals surface area contributed by atoms with E-state index < -0.39 is 0 Å². The number of rotatable bonds is 4. The predicted molar refractivity (Wildman–Crippen MR) is 90.8 cm³/mol. The molecule has 6 heteroatoms. The topological polar surface area (TPSA) is 75.9 Å². The van der Waals surface area contributed by atoms with Gasteiger partial charge in [-0.1, -0.05) is 6.07 Å². The minimum absolute atomic E-state index is 0.0419. The fourth-order valence-electron chi connectivity index (χ4n) is 3.87. The number of hydrogen-bond donors (Lipinski definition) is 1. The molecule has 2 saturated heterocycles. The highest BCUT2D eigenvalue weighted by Crippen LogP contribution is 2.26. The van der Waals surface area contributed by atoms with Gasteiger partial charge in [0.25, 0.3) is 5.91 Å². The monoisotopic (exact) mass is 331 g/mol. The first-order valence-electron chi connectivity index (χ1n) is 8.58. The number of nitrogens with zero attached hydrogens (tertiary/aromatic N) is 2. The van der Waals surface area contributed by atoms with Gasteiger partial charge in [0.2, 0.25) is 5.91 Å². The van der Waals surface area contributed by atoms with Crippen LogP contribution in [0.5, 0.6) is 5.75 Å². The zero-order valence-corrected chi connectivity index (χ0v) is 14.1. The minimum Gasteiger partial charge on any atom is -0.497 e. The summed E-state index contributed by atoms with van der Waals surface area (Å²) >= 11 is 0. The van der Waals surface area contributed by atoms with E-state index in [-0.39, 0.29) is 17.9 Å². The second-order valence-electron chi connectivity index (χ2n) is 6.55. The maximum absolute atomic E-state index is 12.7. The average molecular weight is 331 g/mol. The van der Waals surface area contributed by atoms with Gasteiger partial charge in [0, 0.05) is 24.7 Å². The van der Waals surface area contributed by atoms with E-state index in [1.807, 2.05) is 23.1 Å². The molecule has 2 heterocycles. The molecule has 1 aromatic carbocycles. The highest BCUT2D eigenvalue weighted by atomic mass is 16.5. The number of hydrogen-bond acceptors (Lipinski definition) is 4. The van der Waals surface area contributed by atoms with Crippen LogP contribution >= 0.6 is 0 Å². The van der Waals surface area contributed by atoms with Crippen molar-refractivity contribution in [2.45, 2.75) is 37.8 Å². The van der Waals surface area contributed by atoms with Crippen molar-refractivity contribution in [3.63, 3.8) is 0 Å². The summed E-state index contributed by atoms with van der Waals surface area (Å²) < 4.78 is 5.19. The molecule has 1 atom stereocenters. The fraction of sp³-hybridized carbons (Fsp3) is 0.556. The van der Waals surface area contributed by atoms with Crippen molar-refractivity contribution < 1.29 is 14.3 Å². The number of benzene rings is 1. The number of methoxy groups -OCH3 is 1. The van der Waals surface area contributed by atoms with Crippen LogP contribution < -0.4 is 10.5 Å². The van der Waals surface area contributed by atoms with Crippen molar-refractivity contribution in [3.8, 4) is 5.75 Å². The Bertz CT molecular complexity index is 611. The van der Waals surface area contributed by atoms with Crippen LogP contribution in [0.2, 0.25) is 0 Å². The lowest BCUT2D eigenvalue weighted by Gasteiger charge is -2.38. The van der Waals surface area contributed by atoms with Crippen LogP contribution in [-0.2, 0) is 4.79 Å². The molecule has 0 aromatic heterocycles. The number of primary amides is 1. The van der Waals surface area contributed by atoms with Crippen LogP contribution in [0.25, 0.3) is 0 Å². The average Bonchev–Trinajstić information content (AvgIpc) is 3.11. The smallest absolute Gasteiger partial charge is 0.253 e. The summed E-state index contributed by atoms with van der Waals surface area (Å²) in [5.41, 5.74) is 6.17. The van der Waals surface area contributed by atoms with Crippen molar-refractivity contribution in [2.75, 3.05) is 26.7 Å². The summed E-state index contributed by atoms with van der Waals surface area (Å²) in [6.45, 7) is 2.35. The Morgan fingerprint density at radius 2 is 1.92 bits per heavy atom. The maximum atomic E-state index is 12.7. The molecule has 0 bridgehead atoms. The second kappa shape index (κ2) is 7.21. The molecule has 1 aromatic rings. The van der Waals surface area contributed by atoms with E-state index in [1.54, 1.807) is 13.2 Å². The lowest BCUT2D eigenvalue weighted by Crippen LogP contribution is -2.51. The molecule has 0 aliphatic carbocycles. The van der Waals surface area contributed by atoms with Crippen LogP contribution in [0.3, 0.4) is 0 Å². The third-order valence-electron chi connectivity index (χ3n) is 5.16. The Kier molecular flexibility index (Phi) is 5.04. The molecule has 3 rings (SSSR count). The van der Waals surface area contributed by atoms with Crippen LogP contribution in [0, 0.1) is 0 Å². The van der Waals surface area contributed by atoms with Crippen LogP contribution in [-0.4, -0.2) is 60.4 Å². The Morgan fingerprint density at radius 3 is 2.58 bits per heavy atom. The lowest BCUT2D eigenvalue weighted by molar-refractivity contribution is -0.123. The molecule has 0 saturated carbocycles. The van der Waals surface area contributed by atoms with Gasteiger partial charge >= 0.3 is 0 Å². The highest BCUT2D eigenvalue weighted by Gasteiger charge is 2.36. The van der Waals surface area contributed by atoms with Gasteiger partial charge < -0.3 is 15.4 Å². The summed E-state index contributed by atoms with van der Waals surface area (Å²) in [5.74, 6) is 0.514. The van der Waals surface area contributed by atoms with Crippen LogP contribution in [0.15, 0.2) is 24.3 Å². The third-order valence-corrected chi connectivity index (χ3v) is 5.16. The molecule has 0 radical (unpaired) electrons. The zero-order valence-electron chi connectivity index (χ0n) is 14.1. The first-order valence-corrected chi connectivity index (χ1v) is 8.58. The highest BCUT2D eigenvalue weighted by molar-refractivity contribution is 5.94. The number of carbonyl (C=O) groups excluding carboxylic acids is 2. The lowest BCUT2D eigenvalue weighted by atomic mass is 10.0. The molecule has 2 amide bonds. The van der Waals surface area contributed by atoms with Crippen molar-refractivity contribution in [2.24, 2.45) is 5.73 Å². The summed E-state index contributed by atoms with van der Waals surface area (Å²) in [4.78, 5) is 28.4. The molecule has 2 N–H and O–H groups in total. The van der Waals surface area contributed by atoms with E-state index >= 15 is 0 Å². The first-order chi connectivity index (χ1) is 11.6. The molecule has 130 valence electrons. The van der Waals surface area contributed by atoms with Gasteiger partial charge in [-0.15, -0.1) is 0 Å². The number of ether oxygens (including phenoxy) is 1. The summed E-state index contributed by atoms with van der Waals surface area (Å²) in [7, 11) is 1.60. The van der Waals surface area contributed by atoms with Crippen LogP contribution in [0.1, 0.15) is 36.0 Å². The Labute approximate surface area is 142 Å². The molecular weight excluding hydrogens is 306 g/mol. The number of carbonyl (C=O) groups is 2. The van der Waals surface area contributed by atoms with Crippen LogP contribution in [0.4, 0.5) is 0 Å². The molecule has 24 heavy (non-hydrogen) atoms. The van der Waals surface area contributed by atoms with Crippen molar-refractivity contribution in [1.82, 2.24) is 9.80 Å². The largest absolute Gasteiger partial charge is 0.497 e.